The maximum Gasteiger partial charge on any atom is 0.251 e. The fraction of sp³-hybridized carbons (Fsp3) is 0.214. The first-order valence-corrected chi connectivity index (χ1v) is 5.89. The number of carbonyl (C=O) groups excluding carboxylic acids is 1. The van der Waals surface area contributed by atoms with E-state index < -0.39 is 0 Å². The molecule has 1 heterocycles. The maximum absolute atomic E-state index is 11.8. The van der Waals surface area contributed by atoms with Gasteiger partial charge in [0.05, 0.1) is 6.26 Å². The SMILES string of the molecule is NCc1ccc(C(=O)NCCc2ccco2)cc1. The summed E-state index contributed by atoms with van der Waals surface area (Å²) in [5, 5.41) is 2.84. The molecule has 18 heavy (non-hydrogen) atoms. The van der Waals surface area contributed by atoms with E-state index in [4.69, 9.17) is 10.2 Å². The van der Waals surface area contributed by atoms with Crippen molar-refractivity contribution in [3.63, 3.8) is 0 Å². The zero-order valence-electron chi connectivity index (χ0n) is 10.1. The van der Waals surface area contributed by atoms with Crippen LogP contribution in [-0.2, 0) is 13.0 Å². The van der Waals surface area contributed by atoms with E-state index in [2.05, 4.69) is 5.32 Å². The Morgan fingerprint density at radius 3 is 2.61 bits per heavy atom. The number of nitrogens with two attached hydrogens (primary N) is 1. The summed E-state index contributed by atoms with van der Waals surface area (Å²) in [6.45, 7) is 1.05. The minimum atomic E-state index is -0.0786. The molecule has 0 atom stereocenters. The molecule has 2 aromatic rings. The Kier molecular flexibility index (Phi) is 4.15. The molecule has 0 radical (unpaired) electrons. The number of hydrogen-bond donors (Lipinski definition) is 2. The third-order valence-corrected chi connectivity index (χ3v) is 2.69. The van der Waals surface area contributed by atoms with Crippen molar-refractivity contribution in [1.82, 2.24) is 5.32 Å². The first-order chi connectivity index (χ1) is 8.79. The average molecular weight is 244 g/mol. The van der Waals surface area contributed by atoms with Gasteiger partial charge < -0.3 is 15.5 Å². The summed E-state index contributed by atoms with van der Waals surface area (Å²) in [7, 11) is 0. The molecule has 1 aromatic heterocycles. The van der Waals surface area contributed by atoms with Gasteiger partial charge in [0, 0.05) is 25.1 Å². The first-order valence-electron chi connectivity index (χ1n) is 5.89. The molecular formula is C14H16N2O2. The van der Waals surface area contributed by atoms with Crippen LogP contribution in [0.5, 0.6) is 0 Å². The summed E-state index contributed by atoms with van der Waals surface area (Å²) in [5.74, 6) is 0.791. The second-order valence-electron chi connectivity index (χ2n) is 3.99. The van der Waals surface area contributed by atoms with E-state index in [-0.39, 0.29) is 5.91 Å². The van der Waals surface area contributed by atoms with Crippen LogP contribution in [0.3, 0.4) is 0 Å². The third kappa shape index (κ3) is 3.21. The normalized spacial score (nSPS) is 10.3. The lowest BCUT2D eigenvalue weighted by atomic mass is 10.1. The molecule has 0 spiro atoms. The van der Waals surface area contributed by atoms with Gasteiger partial charge in [-0.15, -0.1) is 0 Å². The molecule has 1 amide bonds. The highest BCUT2D eigenvalue weighted by Gasteiger charge is 2.04. The molecule has 94 valence electrons. The number of amides is 1. The molecule has 4 heteroatoms. The summed E-state index contributed by atoms with van der Waals surface area (Å²) in [5.41, 5.74) is 7.16. The molecule has 4 nitrogen and oxygen atoms in total. The average Bonchev–Trinajstić information content (AvgIpc) is 2.92. The third-order valence-electron chi connectivity index (χ3n) is 2.69. The second-order valence-corrected chi connectivity index (χ2v) is 3.99. The van der Waals surface area contributed by atoms with E-state index in [1.807, 2.05) is 24.3 Å². The minimum Gasteiger partial charge on any atom is -0.469 e. The smallest absolute Gasteiger partial charge is 0.251 e. The van der Waals surface area contributed by atoms with E-state index in [1.54, 1.807) is 18.4 Å². The largest absolute Gasteiger partial charge is 0.469 e. The highest BCUT2D eigenvalue weighted by molar-refractivity contribution is 5.94. The standard InChI is InChI=1S/C14H16N2O2/c15-10-11-3-5-12(6-4-11)14(17)16-8-7-13-2-1-9-18-13/h1-6,9H,7-8,10,15H2,(H,16,17). The predicted molar refractivity (Wildman–Crippen MR) is 69.1 cm³/mol. The Morgan fingerprint density at radius 1 is 1.22 bits per heavy atom. The van der Waals surface area contributed by atoms with Crippen LogP contribution in [0.2, 0.25) is 0 Å². The van der Waals surface area contributed by atoms with Crippen molar-refractivity contribution < 1.29 is 9.21 Å². The van der Waals surface area contributed by atoms with Crippen molar-refractivity contribution in [2.24, 2.45) is 5.73 Å². The van der Waals surface area contributed by atoms with Gasteiger partial charge in [0.25, 0.3) is 5.91 Å². The van der Waals surface area contributed by atoms with Gasteiger partial charge in [0.2, 0.25) is 0 Å². The quantitative estimate of drug-likeness (QED) is 0.841. The van der Waals surface area contributed by atoms with Crippen molar-refractivity contribution in [1.29, 1.82) is 0 Å². The van der Waals surface area contributed by atoms with Crippen LogP contribution in [0.25, 0.3) is 0 Å². The Morgan fingerprint density at radius 2 is 2.00 bits per heavy atom. The van der Waals surface area contributed by atoms with Crippen molar-refractivity contribution in [2.75, 3.05) is 6.54 Å². The predicted octanol–water partition coefficient (Wildman–Crippen LogP) is 1.71. The van der Waals surface area contributed by atoms with E-state index in [0.29, 0.717) is 25.1 Å². The zero-order chi connectivity index (χ0) is 12.8. The van der Waals surface area contributed by atoms with Crippen LogP contribution < -0.4 is 11.1 Å². The Hall–Kier alpha value is -2.07. The van der Waals surface area contributed by atoms with Crippen LogP contribution in [0.4, 0.5) is 0 Å². The van der Waals surface area contributed by atoms with Crippen LogP contribution in [-0.4, -0.2) is 12.5 Å². The van der Waals surface area contributed by atoms with E-state index in [1.165, 1.54) is 0 Å². The van der Waals surface area contributed by atoms with Crippen molar-refractivity contribution >= 4 is 5.91 Å². The van der Waals surface area contributed by atoms with Gasteiger partial charge in [-0.1, -0.05) is 12.1 Å². The lowest BCUT2D eigenvalue weighted by Gasteiger charge is -2.04. The minimum absolute atomic E-state index is 0.0786. The van der Waals surface area contributed by atoms with E-state index in [0.717, 1.165) is 11.3 Å². The summed E-state index contributed by atoms with van der Waals surface area (Å²) in [4.78, 5) is 11.8. The number of rotatable bonds is 5. The molecule has 0 saturated carbocycles. The molecule has 0 unspecified atom stereocenters. The van der Waals surface area contributed by atoms with Gasteiger partial charge in [-0.2, -0.15) is 0 Å². The molecule has 3 N–H and O–H groups in total. The summed E-state index contributed by atoms with van der Waals surface area (Å²) in [6.07, 6.45) is 2.32. The van der Waals surface area contributed by atoms with Crippen LogP contribution >= 0.6 is 0 Å². The summed E-state index contributed by atoms with van der Waals surface area (Å²) in [6, 6.07) is 11.0. The van der Waals surface area contributed by atoms with Crippen LogP contribution in [0.15, 0.2) is 47.1 Å². The Balaban J connectivity index is 1.83. The number of benzene rings is 1. The van der Waals surface area contributed by atoms with Crippen LogP contribution in [0.1, 0.15) is 21.7 Å². The molecule has 0 aliphatic rings. The Labute approximate surface area is 106 Å². The van der Waals surface area contributed by atoms with Crippen LogP contribution in [0, 0.1) is 0 Å². The molecular weight excluding hydrogens is 228 g/mol. The number of carbonyl (C=O) groups is 1. The lowest BCUT2D eigenvalue weighted by molar-refractivity contribution is 0.0953. The molecule has 0 aliphatic carbocycles. The highest BCUT2D eigenvalue weighted by Crippen LogP contribution is 2.04. The summed E-state index contributed by atoms with van der Waals surface area (Å²) >= 11 is 0. The van der Waals surface area contributed by atoms with Gasteiger partial charge in [0.15, 0.2) is 0 Å². The van der Waals surface area contributed by atoms with Gasteiger partial charge in [-0.3, -0.25) is 4.79 Å². The fourth-order valence-corrected chi connectivity index (χ4v) is 1.65. The van der Waals surface area contributed by atoms with Crippen molar-refractivity contribution in [2.45, 2.75) is 13.0 Å². The molecule has 0 bridgehead atoms. The highest BCUT2D eigenvalue weighted by atomic mass is 16.3. The molecule has 0 aliphatic heterocycles. The molecule has 2 rings (SSSR count). The van der Waals surface area contributed by atoms with Crippen molar-refractivity contribution in [3.8, 4) is 0 Å². The number of furan rings is 1. The molecule has 0 saturated heterocycles. The topological polar surface area (TPSA) is 68.3 Å². The number of nitrogens with one attached hydrogen (secondary N) is 1. The van der Waals surface area contributed by atoms with Gasteiger partial charge in [0.1, 0.15) is 5.76 Å². The van der Waals surface area contributed by atoms with Gasteiger partial charge >= 0.3 is 0 Å². The van der Waals surface area contributed by atoms with Crippen molar-refractivity contribution in [3.05, 3.63) is 59.5 Å². The monoisotopic (exact) mass is 244 g/mol. The molecule has 1 aromatic carbocycles. The maximum atomic E-state index is 11.8. The number of hydrogen-bond acceptors (Lipinski definition) is 3. The Bertz CT molecular complexity index is 489. The first kappa shape index (κ1) is 12.4. The van der Waals surface area contributed by atoms with Gasteiger partial charge in [-0.25, -0.2) is 0 Å². The molecule has 0 fully saturated rings. The van der Waals surface area contributed by atoms with Gasteiger partial charge in [-0.05, 0) is 29.8 Å². The van der Waals surface area contributed by atoms with E-state index in [9.17, 15) is 4.79 Å². The fourth-order valence-electron chi connectivity index (χ4n) is 1.65. The summed E-state index contributed by atoms with van der Waals surface area (Å²) < 4.78 is 5.19. The van der Waals surface area contributed by atoms with E-state index >= 15 is 0 Å². The lowest BCUT2D eigenvalue weighted by Crippen LogP contribution is -2.25. The zero-order valence-corrected chi connectivity index (χ0v) is 10.1. The second kappa shape index (κ2) is 6.02.